The van der Waals surface area contributed by atoms with Gasteiger partial charge in [0.1, 0.15) is 0 Å². The van der Waals surface area contributed by atoms with Crippen LogP contribution in [0.5, 0.6) is 0 Å². The minimum absolute atomic E-state index is 0.0937. The molecule has 13 rings (SSSR count). The van der Waals surface area contributed by atoms with Crippen LogP contribution in [0.4, 0.5) is 34.1 Å². The summed E-state index contributed by atoms with van der Waals surface area (Å²) in [5.41, 5.74) is 18.8. The molecule has 0 N–H and O–H groups in total. The average Bonchev–Trinajstić information content (AvgIpc) is 3.73. The zero-order valence-corrected chi connectivity index (χ0v) is 28.6. The molecule has 0 fully saturated rings. The van der Waals surface area contributed by atoms with Crippen LogP contribution in [0.1, 0.15) is 0 Å². The Morgan fingerprint density at radius 2 is 0.811 bits per heavy atom. The molecule has 0 radical (unpaired) electrons. The highest BCUT2D eigenvalue weighted by atomic mass is 15.2. The van der Waals surface area contributed by atoms with E-state index in [2.05, 4.69) is 195 Å². The lowest BCUT2D eigenvalue weighted by Gasteiger charge is -2.46. The van der Waals surface area contributed by atoms with Crippen molar-refractivity contribution >= 4 is 101 Å². The lowest BCUT2D eigenvalue weighted by atomic mass is 9.32. The van der Waals surface area contributed by atoms with Crippen LogP contribution in [0.3, 0.4) is 0 Å². The SMILES string of the molecule is c1ccc(N2c3cccc4c3B3c5c2cccc5-n2c5cc6c(cc5c5ccc(c3c52)N4c2ccccc2)c2ccccc2n6-c2ccccc2)cc1. The molecular weight excluding hydrogens is 643 g/mol. The highest BCUT2D eigenvalue weighted by Gasteiger charge is 2.48. The van der Waals surface area contributed by atoms with Crippen molar-refractivity contribution in [1.82, 2.24) is 9.13 Å². The smallest absolute Gasteiger partial charge is 0.257 e. The highest BCUT2D eigenvalue weighted by Crippen LogP contribution is 2.49. The highest BCUT2D eigenvalue weighted by molar-refractivity contribution is 7.02. The minimum atomic E-state index is 0.0937. The quantitative estimate of drug-likeness (QED) is 0.174. The fourth-order valence-electron chi connectivity index (χ4n) is 10.0. The van der Waals surface area contributed by atoms with Crippen molar-refractivity contribution in [3.63, 3.8) is 0 Å². The number of anilines is 6. The Balaban J connectivity index is 1.23. The molecule has 0 bridgehead atoms. The maximum Gasteiger partial charge on any atom is 0.257 e. The van der Waals surface area contributed by atoms with E-state index >= 15 is 0 Å². The van der Waals surface area contributed by atoms with E-state index in [0.717, 1.165) is 0 Å². The monoisotopic (exact) mass is 672 g/mol. The number of benzene rings is 8. The van der Waals surface area contributed by atoms with E-state index in [1.54, 1.807) is 0 Å². The fourth-order valence-corrected chi connectivity index (χ4v) is 10.0. The molecule has 3 aliphatic heterocycles. The molecule has 0 amide bonds. The Labute approximate surface area is 306 Å². The molecule has 0 unspecified atom stereocenters. The molecule has 0 aliphatic carbocycles. The summed E-state index contributed by atoms with van der Waals surface area (Å²) >= 11 is 0. The lowest BCUT2D eigenvalue weighted by Crippen LogP contribution is -2.64. The van der Waals surface area contributed by atoms with Gasteiger partial charge >= 0.3 is 0 Å². The Morgan fingerprint density at radius 3 is 1.47 bits per heavy atom. The van der Waals surface area contributed by atoms with E-state index in [9.17, 15) is 0 Å². The van der Waals surface area contributed by atoms with Crippen molar-refractivity contribution in [1.29, 1.82) is 0 Å². The van der Waals surface area contributed by atoms with Crippen LogP contribution in [0, 0.1) is 0 Å². The van der Waals surface area contributed by atoms with Crippen LogP contribution in [-0.4, -0.2) is 15.8 Å². The number of hydrogen-bond donors (Lipinski definition) is 0. The molecule has 8 aromatic carbocycles. The first-order valence-electron chi connectivity index (χ1n) is 18.4. The van der Waals surface area contributed by atoms with E-state index in [1.165, 1.54) is 105 Å². The normalized spacial score (nSPS) is 13.5. The van der Waals surface area contributed by atoms with Crippen molar-refractivity contribution in [2.75, 3.05) is 9.80 Å². The van der Waals surface area contributed by atoms with Crippen molar-refractivity contribution in [3.8, 4) is 11.4 Å². The molecule has 0 atom stereocenters. The third kappa shape index (κ3) is 3.38. The maximum absolute atomic E-state index is 2.59. The molecule has 5 heteroatoms. The van der Waals surface area contributed by atoms with Crippen molar-refractivity contribution in [3.05, 3.63) is 176 Å². The Bertz CT molecular complexity index is 3170. The van der Waals surface area contributed by atoms with E-state index in [-0.39, 0.29) is 6.71 Å². The van der Waals surface area contributed by atoms with E-state index in [1.807, 2.05) is 0 Å². The Hall–Kier alpha value is -6.98. The van der Waals surface area contributed by atoms with E-state index in [4.69, 9.17) is 0 Å². The van der Waals surface area contributed by atoms with E-state index in [0.29, 0.717) is 0 Å². The van der Waals surface area contributed by atoms with Gasteiger partial charge in [-0.3, -0.25) is 0 Å². The zero-order chi connectivity index (χ0) is 34.4. The van der Waals surface area contributed by atoms with Gasteiger partial charge < -0.3 is 18.9 Å². The summed E-state index contributed by atoms with van der Waals surface area (Å²) in [5.74, 6) is 0. The topological polar surface area (TPSA) is 16.3 Å². The summed E-state index contributed by atoms with van der Waals surface area (Å²) in [5, 5.41) is 5.13. The lowest BCUT2D eigenvalue weighted by molar-refractivity contribution is 1.16. The van der Waals surface area contributed by atoms with Crippen LogP contribution in [-0.2, 0) is 0 Å². The molecule has 10 aromatic rings. The summed E-state index contributed by atoms with van der Waals surface area (Å²) < 4.78 is 5.03. The minimum Gasteiger partial charge on any atom is -0.311 e. The molecule has 5 heterocycles. The van der Waals surface area contributed by atoms with Gasteiger partial charge in [0.05, 0.1) is 22.1 Å². The second kappa shape index (κ2) is 9.87. The number of para-hydroxylation sites is 4. The first kappa shape index (κ1) is 27.7. The summed E-state index contributed by atoms with van der Waals surface area (Å²) in [6.45, 7) is 0.0937. The molecule has 0 spiro atoms. The van der Waals surface area contributed by atoms with Gasteiger partial charge in [0, 0.05) is 67.0 Å². The van der Waals surface area contributed by atoms with Gasteiger partial charge in [-0.2, -0.15) is 0 Å². The molecule has 53 heavy (non-hydrogen) atoms. The number of hydrogen-bond acceptors (Lipinski definition) is 2. The van der Waals surface area contributed by atoms with Gasteiger partial charge in [0.15, 0.2) is 0 Å². The second-order valence-corrected chi connectivity index (χ2v) is 14.5. The van der Waals surface area contributed by atoms with Crippen LogP contribution in [0.25, 0.3) is 55.0 Å². The van der Waals surface area contributed by atoms with E-state index < -0.39 is 0 Å². The predicted octanol–water partition coefficient (Wildman–Crippen LogP) is 10.3. The molecule has 0 saturated carbocycles. The van der Waals surface area contributed by atoms with Crippen LogP contribution in [0.15, 0.2) is 176 Å². The Kier molecular flexibility index (Phi) is 5.16. The summed E-state index contributed by atoms with van der Waals surface area (Å²) in [4.78, 5) is 4.99. The largest absolute Gasteiger partial charge is 0.311 e. The Morgan fingerprint density at radius 1 is 0.302 bits per heavy atom. The van der Waals surface area contributed by atoms with Crippen molar-refractivity contribution < 1.29 is 0 Å². The first-order valence-corrected chi connectivity index (χ1v) is 18.4. The fraction of sp³-hybridized carbons (Fsp3) is 0. The van der Waals surface area contributed by atoms with Gasteiger partial charge in [-0.1, -0.05) is 91.0 Å². The van der Waals surface area contributed by atoms with Crippen LogP contribution < -0.4 is 26.2 Å². The van der Waals surface area contributed by atoms with Crippen LogP contribution >= 0.6 is 0 Å². The predicted molar refractivity (Wildman–Crippen MR) is 223 cm³/mol. The van der Waals surface area contributed by atoms with Gasteiger partial charge in [-0.15, -0.1) is 0 Å². The van der Waals surface area contributed by atoms with Gasteiger partial charge in [-0.05, 0) is 101 Å². The molecule has 0 saturated heterocycles. The first-order chi connectivity index (χ1) is 26.3. The standard InChI is InChI=1S/C48H29BN4/c1-4-14-30(15-5-1)50-37-21-11-10-20-33(37)35-28-36-34-26-27-42-47-48(34)53(44(36)29-43(35)50)41-25-13-24-40-46(41)49(47)45-38(51(40)31-16-6-2-7-17-31)22-12-23-39(45)52(42)32-18-8-3-9-19-32/h1-29H. The molecule has 4 nitrogen and oxygen atoms in total. The third-order valence-corrected chi connectivity index (χ3v) is 12.0. The number of nitrogens with zero attached hydrogens (tertiary/aromatic N) is 4. The molecule has 3 aliphatic rings. The van der Waals surface area contributed by atoms with Crippen molar-refractivity contribution in [2.24, 2.45) is 0 Å². The number of fused-ring (bicyclic) bond motifs is 7. The summed E-state index contributed by atoms with van der Waals surface area (Å²) in [6, 6.07) is 64.9. The zero-order valence-electron chi connectivity index (χ0n) is 28.6. The number of aromatic nitrogens is 2. The van der Waals surface area contributed by atoms with Gasteiger partial charge in [-0.25, -0.2) is 0 Å². The average molecular weight is 673 g/mol. The van der Waals surface area contributed by atoms with Gasteiger partial charge in [0.25, 0.3) is 6.71 Å². The number of rotatable bonds is 3. The third-order valence-electron chi connectivity index (χ3n) is 12.0. The second-order valence-electron chi connectivity index (χ2n) is 14.5. The maximum atomic E-state index is 2.59. The van der Waals surface area contributed by atoms with Crippen LogP contribution in [0.2, 0.25) is 0 Å². The molecule has 2 aromatic heterocycles. The molecular formula is C48H29BN4. The van der Waals surface area contributed by atoms with Crippen molar-refractivity contribution in [2.45, 2.75) is 0 Å². The van der Waals surface area contributed by atoms with Gasteiger partial charge in [0.2, 0.25) is 0 Å². The summed E-state index contributed by atoms with van der Waals surface area (Å²) in [7, 11) is 0. The summed E-state index contributed by atoms with van der Waals surface area (Å²) in [6.07, 6.45) is 0. The molecule has 244 valence electrons.